The summed E-state index contributed by atoms with van der Waals surface area (Å²) >= 11 is 1.38. The van der Waals surface area contributed by atoms with Crippen molar-refractivity contribution < 1.29 is 14.3 Å². The summed E-state index contributed by atoms with van der Waals surface area (Å²) in [5.74, 6) is 1.83. The van der Waals surface area contributed by atoms with Crippen molar-refractivity contribution >= 4 is 17.7 Å². The highest BCUT2D eigenvalue weighted by Gasteiger charge is 2.23. The summed E-state index contributed by atoms with van der Waals surface area (Å²) in [6.07, 6.45) is 2.18. The molecular formula is C17H19N3O3S. The summed E-state index contributed by atoms with van der Waals surface area (Å²) in [7, 11) is 3.23. The Labute approximate surface area is 145 Å². The molecule has 1 amide bonds. The first kappa shape index (κ1) is 16.6. The summed E-state index contributed by atoms with van der Waals surface area (Å²) in [5, 5.41) is 12.1. The van der Waals surface area contributed by atoms with Gasteiger partial charge in [0.1, 0.15) is 16.5 Å². The monoisotopic (exact) mass is 345 g/mol. The van der Waals surface area contributed by atoms with Crippen LogP contribution in [-0.2, 0) is 4.79 Å². The van der Waals surface area contributed by atoms with Gasteiger partial charge >= 0.3 is 0 Å². The topological polar surface area (TPSA) is 73.3 Å². The Balaban J connectivity index is 1.68. The maximum Gasteiger partial charge on any atom is 0.230 e. The molecule has 0 unspecified atom stereocenters. The molecule has 1 aliphatic rings. The van der Waals surface area contributed by atoms with Gasteiger partial charge in [0, 0.05) is 11.6 Å². The van der Waals surface area contributed by atoms with E-state index in [1.807, 2.05) is 30.3 Å². The maximum absolute atomic E-state index is 11.7. The van der Waals surface area contributed by atoms with Gasteiger partial charge in [0.25, 0.3) is 0 Å². The van der Waals surface area contributed by atoms with E-state index in [2.05, 4.69) is 15.5 Å². The van der Waals surface area contributed by atoms with Crippen LogP contribution < -0.4 is 14.8 Å². The van der Waals surface area contributed by atoms with Gasteiger partial charge in [-0.25, -0.2) is 0 Å². The second-order valence-electron chi connectivity index (χ2n) is 5.45. The predicted molar refractivity (Wildman–Crippen MR) is 92.5 cm³/mol. The lowest BCUT2D eigenvalue weighted by molar-refractivity contribution is -0.118. The van der Waals surface area contributed by atoms with Crippen molar-refractivity contribution in [3.63, 3.8) is 0 Å². The van der Waals surface area contributed by atoms with Crippen LogP contribution in [-0.4, -0.2) is 42.1 Å². The zero-order valence-electron chi connectivity index (χ0n) is 13.6. The van der Waals surface area contributed by atoms with Gasteiger partial charge < -0.3 is 14.8 Å². The molecule has 1 N–H and O–H groups in total. The average molecular weight is 345 g/mol. The Bertz CT molecular complexity index is 718. The normalized spacial score (nSPS) is 13.4. The molecule has 3 rings (SSSR count). The number of hydrogen-bond acceptors (Lipinski definition) is 6. The predicted octanol–water partition coefficient (Wildman–Crippen LogP) is 2.53. The van der Waals surface area contributed by atoms with E-state index >= 15 is 0 Å². The van der Waals surface area contributed by atoms with Crippen molar-refractivity contribution in [2.45, 2.75) is 23.9 Å². The van der Waals surface area contributed by atoms with Crippen molar-refractivity contribution in [1.29, 1.82) is 0 Å². The molecule has 7 heteroatoms. The zero-order chi connectivity index (χ0) is 16.9. The first-order chi connectivity index (χ1) is 11.7. The number of nitrogens with one attached hydrogen (secondary N) is 1. The summed E-state index contributed by atoms with van der Waals surface area (Å²) < 4.78 is 10.6. The van der Waals surface area contributed by atoms with Crippen molar-refractivity contribution in [3.8, 4) is 22.8 Å². The van der Waals surface area contributed by atoms with Crippen molar-refractivity contribution in [2.75, 3.05) is 20.0 Å². The Hall–Kier alpha value is -2.28. The van der Waals surface area contributed by atoms with E-state index in [1.54, 1.807) is 14.2 Å². The lowest BCUT2D eigenvalue weighted by Crippen LogP contribution is -2.27. The van der Waals surface area contributed by atoms with Gasteiger partial charge in [0.2, 0.25) is 5.91 Å². The smallest absolute Gasteiger partial charge is 0.230 e. The van der Waals surface area contributed by atoms with Crippen LogP contribution in [0.15, 0.2) is 35.4 Å². The molecule has 1 heterocycles. The van der Waals surface area contributed by atoms with E-state index < -0.39 is 0 Å². The quantitative estimate of drug-likeness (QED) is 0.778. The van der Waals surface area contributed by atoms with Gasteiger partial charge in [0.05, 0.1) is 25.7 Å². The van der Waals surface area contributed by atoms with Crippen LogP contribution in [0, 0.1) is 0 Å². The molecule has 1 aromatic carbocycles. The third-order valence-corrected chi connectivity index (χ3v) is 4.54. The molecule has 6 nitrogen and oxygen atoms in total. The molecule has 1 aliphatic carbocycles. The zero-order valence-corrected chi connectivity index (χ0v) is 14.4. The van der Waals surface area contributed by atoms with Gasteiger partial charge in [-0.3, -0.25) is 4.79 Å². The second-order valence-corrected chi connectivity index (χ2v) is 6.45. The summed E-state index contributed by atoms with van der Waals surface area (Å²) in [4.78, 5) is 11.7. The number of carbonyl (C=O) groups excluding carboxylic acids is 1. The van der Waals surface area contributed by atoms with Crippen LogP contribution in [0.25, 0.3) is 11.3 Å². The standard InChI is InChI=1S/C17H19N3O3S/c1-22-12-5-7-15(23-2)13(9-12)14-6-8-17(20-19-14)24-10-16(21)18-11-3-4-11/h5-9,11H,3-4,10H2,1-2H3,(H,18,21). The highest BCUT2D eigenvalue weighted by molar-refractivity contribution is 7.99. The molecule has 126 valence electrons. The van der Waals surface area contributed by atoms with Crippen LogP contribution in [0.2, 0.25) is 0 Å². The van der Waals surface area contributed by atoms with Crippen molar-refractivity contribution in [3.05, 3.63) is 30.3 Å². The molecule has 0 radical (unpaired) electrons. The molecular weight excluding hydrogens is 326 g/mol. The molecule has 24 heavy (non-hydrogen) atoms. The molecule has 1 aromatic heterocycles. The minimum absolute atomic E-state index is 0.0443. The fourth-order valence-electron chi connectivity index (χ4n) is 2.19. The molecule has 0 bridgehead atoms. The van der Waals surface area contributed by atoms with Gasteiger partial charge in [-0.15, -0.1) is 10.2 Å². The highest BCUT2D eigenvalue weighted by atomic mass is 32.2. The lowest BCUT2D eigenvalue weighted by Gasteiger charge is -2.10. The van der Waals surface area contributed by atoms with E-state index in [1.165, 1.54) is 11.8 Å². The number of methoxy groups -OCH3 is 2. The molecule has 0 spiro atoms. The van der Waals surface area contributed by atoms with E-state index in [-0.39, 0.29) is 5.91 Å². The van der Waals surface area contributed by atoms with Crippen molar-refractivity contribution in [1.82, 2.24) is 15.5 Å². The molecule has 0 atom stereocenters. The fraction of sp³-hybridized carbons (Fsp3) is 0.353. The number of amides is 1. The molecule has 0 saturated heterocycles. The van der Waals surface area contributed by atoms with Gasteiger partial charge in [0.15, 0.2) is 0 Å². The number of thioether (sulfide) groups is 1. The molecule has 1 fully saturated rings. The summed E-state index contributed by atoms with van der Waals surface area (Å²) in [5.41, 5.74) is 1.50. The minimum atomic E-state index is 0.0443. The van der Waals surface area contributed by atoms with Crippen LogP contribution in [0.5, 0.6) is 11.5 Å². The number of benzene rings is 1. The fourth-order valence-corrected chi connectivity index (χ4v) is 2.82. The van der Waals surface area contributed by atoms with E-state index in [0.29, 0.717) is 28.3 Å². The third kappa shape index (κ3) is 4.17. The summed E-state index contributed by atoms with van der Waals surface area (Å²) in [6, 6.07) is 9.63. The first-order valence-corrected chi connectivity index (χ1v) is 8.66. The van der Waals surface area contributed by atoms with Crippen molar-refractivity contribution in [2.24, 2.45) is 0 Å². The van der Waals surface area contributed by atoms with E-state index in [0.717, 1.165) is 24.2 Å². The van der Waals surface area contributed by atoms with Crippen LogP contribution in [0.1, 0.15) is 12.8 Å². The Morgan fingerprint density at radius 3 is 2.67 bits per heavy atom. The number of ether oxygens (including phenoxy) is 2. The molecule has 1 saturated carbocycles. The van der Waals surface area contributed by atoms with Gasteiger partial charge in [-0.1, -0.05) is 11.8 Å². The lowest BCUT2D eigenvalue weighted by atomic mass is 10.1. The number of rotatable bonds is 7. The first-order valence-electron chi connectivity index (χ1n) is 7.68. The Kier molecular flexibility index (Phi) is 5.20. The SMILES string of the molecule is COc1ccc(OC)c(-c2ccc(SCC(=O)NC3CC3)nn2)c1. The van der Waals surface area contributed by atoms with Crippen LogP contribution >= 0.6 is 11.8 Å². The van der Waals surface area contributed by atoms with E-state index in [4.69, 9.17) is 9.47 Å². The highest BCUT2D eigenvalue weighted by Crippen LogP contribution is 2.32. The minimum Gasteiger partial charge on any atom is -0.497 e. The third-order valence-electron chi connectivity index (χ3n) is 3.62. The number of aromatic nitrogens is 2. The number of nitrogens with zero attached hydrogens (tertiary/aromatic N) is 2. The maximum atomic E-state index is 11.7. The largest absolute Gasteiger partial charge is 0.497 e. The van der Waals surface area contributed by atoms with Crippen LogP contribution in [0.3, 0.4) is 0 Å². The molecule has 2 aromatic rings. The number of carbonyl (C=O) groups is 1. The van der Waals surface area contributed by atoms with Crippen LogP contribution in [0.4, 0.5) is 0 Å². The van der Waals surface area contributed by atoms with Gasteiger partial charge in [-0.05, 0) is 43.2 Å². The van der Waals surface area contributed by atoms with Gasteiger partial charge in [-0.2, -0.15) is 0 Å². The Morgan fingerprint density at radius 2 is 2.04 bits per heavy atom. The Morgan fingerprint density at radius 1 is 1.21 bits per heavy atom. The second kappa shape index (κ2) is 7.53. The number of hydrogen-bond donors (Lipinski definition) is 1. The molecule has 0 aliphatic heterocycles. The van der Waals surface area contributed by atoms with E-state index in [9.17, 15) is 4.79 Å². The summed E-state index contributed by atoms with van der Waals surface area (Å²) in [6.45, 7) is 0. The average Bonchev–Trinajstić information content (AvgIpc) is 3.43.